The van der Waals surface area contributed by atoms with Gasteiger partial charge in [-0.2, -0.15) is 0 Å². The average Bonchev–Trinajstić information content (AvgIpc) is 2.85. The van der Waals surface area contributed by atoms with E-state index in [0.717, 1.165) is 32.1 Å². The van der Waals surface area contributed by atoms with Gasteiger partial charge in [0.05, 0.1) is 27.4 Å². The van der Waals surface area contributed by atoms with Crippen LogP contribution < -0.4 is 0 Å². The van der Waals surface area contributed by atoms with E-state index in [1.807, 2.05) is 26.0 Å². The molecule has 4 nitrogen and oxygen atoms in total. The molecule has 3 rings (SSSR count). The maximum absolute atomic E-state index is 12.9. The molecular weight excluding hydrogens is 464 g/mol. The van der Waals surface area contributed by atoms with Crippen LogP contribution in [0.25, 0.3) is 0 Å². The predicted octanol–water partition coefficient (Wildman–Crippen LogP) is 6.57. The molecule has 1 fully saturated rings. The molecule has 0 amide bonds. The number of hydrogen-bond donors (Lipinski definition) is 0. The molecule has 2 aromatic carbocycles. The van der Waals surface area contributed by atoms with Crippen molar-refractivity contribution in [3.63, 3.8) is 0 Å². The highest BCUT2D eigenvalue weighted by atomic mass is 32.2. The van der Waals surface area contributed by atoms with E-state index in [4.69, 9.17) is 0 Å². The minimum absolute atomic E-state index is 0.0809. The number of ketones is 4. The first-order chi connectivity index (χ1) is 16.3. The van der Waals surface area contributed by atoms with E-state index >= 15 is 0 Å². The predicted molar refractivity (Wildman–Crippen MR) is 141 cm³/mol. The van der Waals surface area contributed by atoms with Crippen molar-refractivity contribution in [1.82, 2.24) is 0 Å². The van der Waals surface area contributed by atoms with Crippen molar-refractivity contribution in [2.24, 2.45) is 0 Å². The zero-order chi connectivity index (χ0) is 24.6. The minimum atomic E-state index is -0.341. The van der Waals surface area contributed by atoms with Gasteiger partial charge in [0, 0.05) is 11.1 Å². The lowest BCUT2D eigenvalue weighted by Gasteiger charge is -2.39. The van der Waals surface area contributed by atoms with Crippen molar-refractivity contribution in [3.8, 4) is 0 Å². The molecule has 0 radical (unpaired) electrons. The highest BCUT2D eigenvalue weighted by molar-refractivity contribution is 8.19. The fourth-order valence-electron chi connectivity index (χ4n) is 4.19. The zero-order valence-corrected chi connectivity index (χ0v) is 21.5. The Morgan fingerprint density at radius 3 is 1.44 bits per heavy atom. The van der Waals surface area contributed by atoms with Crippen LogP contribution in [-0.4, -0.2) is 37.7 Å². The van der Waals surface area contributed by atoms with Gasteiger partial charge in [0.2, 0.25) is 0 Å². The molecule has 2 unspecified atom stereocenters. The standard InChI is InChI=1S/C28H32O4S2/c1-20(24(29)18-26(31)22-12-6-3-7-13-22)33-28(16-10-5-11-17-28)34-21(2)25(30)19-27(32)23-14-8-4-9-15-23/h3-4,6-9,12-15,20-21H,5,10-11,16-19H2,1-2H3. The Bertz CT molecular complexity index is 922. The van der Waals surface area contributed by atoms with Gasteiger partial charge >= 0.3 is 0 Å². The van der Waals surface area contributed by atoms with Crippen LogP contribution in [0.3, 0.4) is 0 Å². The van der Waals surface area contributed by atoms with Crippen LogP contribution in [-0.2, 0) is 9.59 Å². The maximum atomic E-state index is 12.9. The molecule has 1 aliphatic carbocycles. The van der Waals surface area contributed by atoms with Crippen molar-refractivity contribution in [2.75, 3.05) is 0 Å². The molecule has 180 valence electrons. The molecule has 2 aromatic rings. The topological polar surface area (TPSA) is 68.3 Å². The Labute approximate surface area is 210 Å². The first-order valence-corrected chi connectivity index (χ1v) is 13.6. The van der Waals surface area contributed by atoms with E-state index in [1.165, 1.54) is 0 Å². The molecule has 0 saturated heterocycles. The Hall–Kier alpha value is -2.18. The molecule has 0 bridgehead atoms. The molecule has 2 atom stereocenters. The van der Waals surface area contributed by atoms with Gasteiger partial charge in [-0.25, -0.2) is 0 Å². The summed E-state index contributed by atoms with van der Waals surface area (Å²) in [6.45, 7) is 3.74. The SMILES string of the molecule is CC(SC1(SC(C)C(=O)CC(=O)c2ccccc2)CCCCC1)C(=O)CC(=O)c1ccccc1. The molecule has 0 aromatic heterocycles. The summed E-state index contributed by atoms with van der Waals surface area (Å²) in [7, 11) is 0. The Morgan fingerprint density at radius 1 is 0.676 bits per heavy atom. The van der Waals surface area contributed by atoms with E-state index < -0.39 is 0 Å². The third-order valence-corrected chi connectivity index (χ3v) is 9.65. The first kappa shape index (κ1) is 26.4. The second-order valence-electron chi connectivity index (χ2n) is 8.86. The van der Waals surface area contributed by atoms with Gasteiger partial charge in [0.15, 0.2) is 23.1 Å². The van der Waals surface area contributed by atoms with Crippen molar-refractivity contribution < 1.29 is 19.2 Å². The summed E-state index contributed by atoms with van der Waals surface area (Å²) in [6, 6.07) is 17.8. The summed E-state index contributed by atoms with van der Waals surface area (Å²) in [5.41, 5.74) is 1.11. The number of benzene rings is 2. The zero-order valence-electron chi connectivity index (χ0n) is 19.8. The van der Waals surface area contributed by atoms with E-state index in [9.17, 15) is 19.2 Å². The lowest BCUT2D eigenvalue weighted by molar-refractivity contribution is -0.118. The monoisotopic (exact) mass is 496 g/mol. The average molecular weight is 497 g/mol. The van der Waals surface area contributed by atoms with Crippen molar-refractivity contribution in [1.29, 1.82) is 0 Å². The quantitative estimate of drug-likeness (QED) is 0.188. The molecule has 0 heterocycles. The Kier molecular flexibility index (Phi) is 9.72. The van der Waals surface area contributed by atoms with Crippen LogP contribution in [0.5, 0.6) is 0 Å². The molecular formula is C28H32O4S2. The van der Waals surface area contributed by atoms with Crippen molar-refractivity contribution >= 4 is 46.7 Å². The first-order valence-electron chi connectivity index (χ1n) is 11.9. The molecule has 0 N–H and O–H groups in total. The number of Topliss-reactive ketones (excluding diaryl/α,β-unsaturated/α-hetero) is 4. The van der Waals surface area contributed by atoms with E-state index in [-0.39, 0.29) is 50.6 Å². The van der Waals surface area contributed by atoms with Gasteiger partial charge in [0.25, 0.3) is 0 Å². The maximum Gasteiger partial charge on any atom is 0.170 e. The third-order valence-electron chi connectivity index (χ3n) is 6.17. The van der Waals surface area contributed by atoms with Gasteiger partial charge < -0.3 is 0 Å². The summed E-state index contributed by atoms with van der Waals surface area (Å²) in [4.78, 5) is 50.8. The number of carbonyl (C=O) groups excluding carboxylic acids is 4. The second-order valence-corrected chi connectivity index (χ2v) is 12.6. The van der Waals surface area contributed by atoms with E-state index in [1.54, 1.807) is 72.1 Å². The molecule has 1 aliphatic rings. The van der Waals surface area contributed by atoms with E-state index in [0.29, 0.717) is 11.1 Å². The lowest BCUT2D eigenvalue weighted by Crippen LogP contribution is -2.33. The van der Waals surface area contributed by atoms with Gasteiger partial charge in [0.1, 0.15) is 0 Å². The Morgan fingerprint density at radius 2 is 1.06 bits per heavy atom. The summed E-state index contributed by atoms with van der Waals surface area (Å²) in [6.07, 6.45) is 4.85. The van der Waals surface area contributed by atoms with Crippen LogP contribution in [0.4, 0.5) is 0 Å². The molecule has 34 heavy (non-hydrogen) atoms. The van der Waals surface area contributed by atoms with Gasteiger partial charge in [-0.05, 0) is 26.7 Å². The van der Waals surface area contributed by atoms with Gasteiger partial charge in [-0.15, -0.1) is 23.5 Å². The van der Waals surface area contributed by atoms with Crippen molar-refractivity contribution in [2.45, 2.75) is 73.4 Å². The highest BCUT2D eigenvalue weighted by Gasteiger charge is 2.39. The largest absolute Gasteiger partial charge is 0.298 e. The number of thioether (sulfide) groups is 2. The summed E-state index contributed by atoms with van der Waals surface area (Å²) in [5.74, 6) is -0.483. The van der Waals surface area contributed by atoms with Crippen LogP contribution >= 0.6 is 23.5 Å². The summed E-state index contributed by atoms with van der Waals surface area (Å²) < 4.78 is -0.256. The van der Waals surface area contributed by atoms with Crippen LogP contribution in [0.1, 0.15) is 79.5 Å². The molecule has 0 aliphatic heterocycles. The lowest BCUT2D eigenvalue weighted by atomic mass is 9.99. The minimum Gasteiger partial charge on any atom is -0.298 e. The summed E-state index contributed by atoms with van der Waals surface area (Å²) in [5, 5.41) is -0.682. The fourth-order valence-corrected chi connectivity index (χ4v) is 8.04. The number of hydrogen-bond acceptors (Lipinski definition) is 6. The molecule has 0 spiro atoms. The van der Waals surface area contributed by atoms with E-state index in [2.05, 4.69) is 0 Å². The Balaban J connectivity index is 1.61. The van der Waals surface area contributed by atoms with Crippen LogP contribution in [0.2, 0.25) is 0 Å². The number of rotatable bonds is 12. The number of carbonyl (C=O) groups is 4. The summed E-state index contributed by atoms with van der Waals surface area (Å²) >= 11 is 3.20. The highest BCUT2D eigenvalue weighted by Crippen LogP contribution is 2.52. The molecule has 6 heteroatoms. The van der Waals surface area contributed by atoms with Crippen LogP contribution in [0, 0.1) is 0 Å². The van der Waals surface area contributed by atoms with Gasteiger partial charge in [-0.1, -0.05) is 79.9 Å². The molecule has 1 saturated carbocycles. The van der Waals surface area contributed by atoms with Crippen LogP contribution in [0.15, 0.2) is 60.7 Å². The normalized spacial score (nSPS) is 16.9. The fraction of sp³-hybridized carbons (Fsp3) is 0.429. The van der Waals surface area contributed by atoms with Gasteiger partial charge in [-0.3, -0.25) is 19.2 Å². The smallest absolute Gasteiger partial charge is 0.170 e. The van der Waals surface area contributed by atoms with Crippen molar-refractivity contribution in [3.05, 3.63) is 71.8 Å². The third kappa shape index (κ3) is 7.41. The second kappa shape index (κ2) is 12.5.